The van der Waals surface area contributed by atoms with Crippen LogP contribution in [0.5, 0.6) is 5.75 Å². The van der Waals surface area contributed by atoms with Crippen molar-refractivity contribution in [1.82, 2.24) is 4.90 Å². The van der Waals surface area contributed by atoms with E-state index in [4.69, 9.17) is 10.5 Å². The quantitative estimate of drug-likeness (QED) is 0.895. The summed E-state index contributed by atoms with van der Waals surface area (Å²) in [6.45, 7) is 5.07. The van der Waals surface area contributed by atoms with Crippen LogP contribution in [0.4, 0.5) is 5.69 Å². The summed E-state index contributed by atoms with van der Waals surface area (Å²) in [6.07, 6.45) is 1.04. The van der Waals surface area contributed by atoms with Crippen molar-refractivity contribution in [3.8, 4) is 5.75 Å². The van der Waals surface area contributed by atoms with Crippen LogP contribution in [0.3, 0.4) is 0 Å². The summed E-state index contributed by atoms with van der Waals surface area (Å²) >= 11 is 0. The van der Waals surface area contributed by atoms with Gasteiger partial charge in [0.25, 0.3) is 0 Å². The van der Waals surface area contributed by atoms with Gasteiger partial charge in [0.05, 0.1) is 12.8 Å². The van der Waals surface area contributed by atoms with E-state index in [0.717, 1.165) is 31.8 Å². The lowest BCUT2D eigenvalue weighted by atomic mass is 10.0. The Hall–Kier alpha value is -1.26. The van der Waals surface area contributed by atoms with Crippen molar-refractivity contribution in [2.24, 2.45) is 5.73 Å². The first-order chi connectivity index (χ1) is 9.17. The van der Waals surface area contributed by atoms with Crippen LogP contribution in [-0.2, 0) is 0 Å². The van der Waals surface area contributed by atoms with E-state index in [9.17, 15) is 0 Å². The Morgan fingerprint density at radius 2 is 2.05 bits per heavy atom. The fourth-order valence-electron chi connectivity index (χ4n) is 2.92. The number of ether oxygens (including phenoxy) is 1. The maximum Gasteiger partial charge on any atom is 0.142 e. The second kappa shape index (κ2) is 6.26. The van der Waals surface area contributed by atoms with E-state index in [2.05, 4.69) is 35.9 Å². The molecule has 0 radical (unpaired) electrons. The molecule has 1 fully saturated rings. The summed E-state index contributed by atoms with van der Waals surface area (Å²) in [4.78, 5) is 4.86. The molecule has 0 bridgehead atoms. The highest BCUT2D eigenvalue weighted by Gasteiger charge is 2.30. The van der Waals surface area contributed by atoms with E-state index in [1.165, 1.54) is 5.69 Å². The summed E-state index contributed by atoms with van der Waals surface area (Å²) in [7, 11) is 3.92. The third-order valence-electron chi connectivity index (χ3n) is 4.01. The van der Waals surface area contributed by atoms with E-state index in [1.54, 1.807) is 7.11 Å². The van der Waals surface area contributed by atoms with Crippen LogP contribution in [0.15, 0.2) is 24.3 Å². The molecule has 4 heteroatoms. The minimum atomic E-state index is 0.482. The molecule has 1 aromatic rings. The van der Waals surface area contributed by atoms with Gasteiger partial charge in [-0.05, 0) is 39.1 Å². The molecule has 2 N–H and O–H groups in total. The Morgan fingerprint density at radius 1 is 1.32 bits per heavy atom. The predicted octanol–water partition coefficient (Wildman–Crippen LogP) is 1.55. The van der Waals surface area contributed by atoms with Gasteiger partial charge in [0.1, 0.15) is 5.75 Å². The van der Waals surface area contributed by atoms with Crippen LogP contribution >= 0.6 is 0 Å². The number of methoxy groups -OCH3 is 1. The molecule has 1 aliphatic heterocycles. The Kier molecular flexibility index (Phi) is 4.66. The molecule has 0 saturated carbocycles. The summed E-state index contributed by atoms with van der Waals surface area (Å²) in [5, 5.41) is 0. The number of hydrogen-bond acceptors (Lipinski definition) is 4. The van der Waals surface area contributed by atoms with Crippen LogP contribution in [0.2, 0.25) is 0 Å². The summed E-state index contributed by atoms with van der Waals surface area (Å²) in [5.74, 6) is 0.949. The summed E-state index contributed by atoms with van der Waals surface area (Å²) in [6, 6.07) is 9.25. The number of para-hydroxylation sites is 2. The van der Waals surface area contributed by atoms with Gasteiger partial charge in [-0.3, -0.25) is 4.90 Å². The second-order valence-corrected chi connectivity index (χ2v) is 5.34. The van der Waals surface area contributed by atoms with Crippen molar-refractivity contribution < 1.29 is 4.74 Å². The highest BCUT2D eigenvalue weighted by Crippen LogP contribution is 2.31. The van der Waals surface area contributed by atoms with Gasteiger partial charge < -0.3 is 15.4 Å². The molecule has 0 aromatic heterocycles. The average Bonchev–Trinajstić information content (AvgIpc) is 2.42. The molecule has 0 spiro atoms. The minimum absolute atomic E-state index is 0.482. The van der Waals surface area contributed by atoms with E-state index in [1.807, 2.05) is 12.1 Å². The molecule has 1 heterocycles. The topological polar surface area (TPSA) is 41.7 Å². The first kappa shape index (κ1) is 14.2. The maximum atomic E-state index is 5.73. The Morgan fingerprint density at radius 3 is 2.74 bits per heavy atom. The normalized spacial score (nSPS) is 24.5. The first-order valence-corrected chi connectivity index (χ1v) is 6.97. The Balaban J connectivity index is 2.22. The van der Waals surface area contributed by atoms with Gasteiger partial charge in [0, 0.05) is 25.2 Å². The largest absolute Gasteiger partial charge is 0.495 e. The van der Waals surface area contributed by atoms with Gasteiger partial charge in [-0.25, -0.2) is 0 Å². The number of likely N-dealkylation sites (N-methyl/N-ethyl adjacent to an activating group) is 1. The molecule has 0 amide bonds. The number of hydrogen-bond donors (Lipinski definition) is 1. The van der Waals surface area contributed by atoms with Crippen LogP contribution < -0.4 is 15.4 Å². The fourth-order valence-corrected chi connectivity index (χ4v) is 2.92. The lowest BCUT2D eigenvalue weighted by molar-refractivity contribution is 0.184. The SMILES string of the molecule is COc1ccccc1N1CC(CCN)N(C)CC1C. The number of anilines is 1. The molecule has 0 aliphatic carbocycles. The van der Waals surface area contributed by atoms with E-state index in [-0.39, 0.29) is 0 Å². The standard InChI is InChI=1S/C15H25N3O/c1-12-10-17(2)13(8-9-16)11-18(12)14-6-4-5-7-15(14)19-3/h4-7,12-13H,8-11,16H2,1-3H3. The fraction of sp³-hybridized carbons (Fsp3) is 0.600. The van der Waals surface area contributed by atoms with Crippen LogP contribution in [0.1, 0.15) is 13.3 Å². The molecular formula is C15H25N3O. The number of nitrogens with two attached hydrogens (primary N) is 1. The maximum absolute atomic E-state index is 5.73. The van der Waals surface area contributed by atoms with Crippen molar-refractivity contribution in [2.75, 3.05) is 38.7 Å². The number of benzene rings is 1. The monoisotopic (exact) mass is 263 g/mol. The average molecular weight is 263 g/mol. The molecule has 1 saturated heterocycles. The smallest absolute Gasteiger partial charge is 0.142 e. The zero-order valence-corrected chi connectivity index (χ0v) is 12.2. The van der Waals surface area contributed by atoms with E-state index >= 15 is 0 Å². The van der Waals surface area contributed by atoms with Crippen molar-refractivity contribution >= 4 is 5.69 Å². The highest BCUT2D eigenvalue weighted by atomic mass is 16.5. The predicted molar refractivity (Wildman–Crippen MR) is 79.9 cm³/mol. The summed E-state index contributed by atoms with van der Waals surface area (Å²) in [5.41, 5.74) is 6.91. The Bertz CT molecular complexity index is 410. The van der Waals surface area contributed by atoms with Gasteiger partial charge in [0.2, 0.25) is 0 Å². The molecule has 1 aromatic carbocycles. The highest BCUT2D eigenvalue weighted by molar-refractivity contribution is 5.59. The number of piperazine rings is 1. The van der Waals surface area contributed by atoms with Gasteiger partial charge in [-0.1, -0.05) is 12.1 Å². The first-order valence-electron chi connectivity index (χ1n) is 6.97. The minimum Gasteiger partial charge on any atom is -0.495 e. The van der Waals surface area contributed by atoms with Crippen LogP contribution in [0, 0.1) is 0 Å². The molecular weight excluding hydrogens is 238 g/mol. The number of rotatable bonds is 4. The van der Waals surface area contributed by atoms with Gasteiger partial charge >= 0.3 is 0 Å². The summed E-state index contributed by atoms with van der Waals surface area (Å²) < 4.78 is 5.49. The van der Waals surface area contributed by atoms with E-state index < -0.39 is 0 Å². The van der Waals surface area contributed by atoms with E-state index in [0.29, 0.717) is 12.1 Å². The third-order valence-corrected chi connectivity index (χ3v) is 4.01. The zero-order valence-electron chi connectivity index (χ0n) is 12.2. The van der Waals surface area contributed by atoms with Gasteiger partial charge in [-0.15, -0.1) is 0 Å². The second-order valence-electron chi connectivity index (χ2n) is 5.34. The van der Waals surface area contributed by atoms with Crippen molar-refractivity contribution in [3.63, 3.8) is 0 Å². The molecule has 106 valence electrons. The van der Waals surface area contributed by atoms with Crippen molar-refractivity contribution in [2.45, 2.75) is 25.4 Å². The number of nitrogens with zero attached hydrogens (tertiary/aromatic N) is 2. The van der Waals surface area contributed by atoms with Crippen molar-refractivity contribution in [1.29, 1.82) is 0 Å². The van der Waals surface area contributed by atoms with Gasteiger partial charge in [0.15, 0.2) is 0 Å². The van der Waals surface area contributed by atoms with Crippen molar-refractivity contribution in [3.05, 3.63) is 24.3 Å². The molecule has 4 nitrogen and oxygen atoms in total. The molecule has 2 unspecified atom stereocenters. The van der Waals surface area contributed by atoms with Crippen LogP contribution in [-0.4, -0.2) is 50.8 Å². The lowest BCUT2D eigenvalue weighted by Gasteiger charge is -2.45. The van der Waals surface area contributed by atoms with Gasteiger partial charge in [-0.2, -0.15) is 0 Å². The third kappa shape index (κ3) is 3.01. The van der Waals surface area contributed by atoms with Crippen LogP contribution in [0.25, 0.3) is 0 Å². The molecule has 2 rings (SSSR count). The molecule has 1 aliphatic rings. The zero-order chi connectivity index (χ0) is 13.8. The lowest BCUT2D eigenvalue weighted by Crippen LogP contribution is -2.56. The molecule has 19 heavy (non-hydrogen) atoms. The molecule has 2 atom stereocenters. The Labute approximate surface area is 116 Å².